The zero-order chi connectivity index (χ0) is 21.1. The summed E-state index contributed by atoms with van der Waals surface area (Å²) in [5, 5.41) is 9.05. The smallest absolute Gasteiger partial charge is 0.243 e. The Morgan fingerprint density at radius 3 is 2.50 bits per heavy atom. The quantitative estimate of drug-likeness (QED) is 0.265. The van der Waals surface area contributed by atoms with Crippen LogP contribution in [0.25, 0.3) is 0 Å². The number of rotatable bonds is 9. The number of aryl methyl sites for hydroxylation is 1. The van der Waals surface area contributed by atoms with E-state index in [1.807, 2.05) is 55.5 Å². The number of nitrogens with one attached hydrogen (secondary N) is 3. The predicted molar refractivity (Wildman–Crippen MR) is 132 cm³/mol. The molecule has 0 aromatic heterocycles. The Balaban J connectivity index is 0.00000450. The predicted octanol–water partition coefficient (Wildman–Crippen LogP) is 3.45. The van der Waals surface area contributed by atoms with Crippen LogP contribution in [0.2, 0.25) is 0 Å². The minimum atomic E-state index is -0.139. The molecule has 30 heavy (non-hydrogen) atoms. The fourth-order valence-electron chi connectivity index (χ4n) is 2.67. The minimum Gasteiger partial charge on any atom is -0.493 e. The van der Waals surface area contributed by atoms with Gasteiger partial charge >= 0.3 is 0 Å². The summed E-state index contributed by atoms with van der Waals surface area (Å²) >= 11 is 0. The number of hydrogen-bond acceptors (Lipinski definition) is 4. The summed E-state index contributed by atoms with van der Waals surface area (Å²) in [6.07, 6.45) is 0.795. The van der Waals surface area contributed by atoms with Gasteiger partial charge in [0, 0.05) is 12.7 Å². The largest absolute Gasteiger partial charge is 0.493 e. The fraction of sp³-hybridized carbons (Fsp3) is 0.364. The highest BCUT2D eigenvalue weighted by molar-refractivity contribution is 14.0. The van der Waals surface area contributed by atoms with Crippen LogP contribution in [0, 0.1) is 0 Å². The molecule has 0 aliphatic carbocycles. The second-order valence-corrected chi connectivity index (χ2v) is 6.49. The first-order valence-corrected chi connectivity index (χ1v) is 9.68. The van der Waals surface area contributed by atoms with Crippen molar-refractivity contribution in [2.45, 2.75) is 26.4 Å². The molecule has 0 aliphatic heterocycles. The summed E-state index contributed by atoms with van der Waals surface area (Å²) < 4.78 is 11.2. The van der Waals surface area contributed by atoms with Gasteiger partial charge in [-0.15, -0.1) is 24.0 Å². The summed E-state index contributed by atoms with van der Waals surface area (Å²) in [7, 11) is 3.27. The van der Waals surface area contributed by atoms with Crippen LogP contribution >= 0.6 is 24.0 Å². The van der Waals surface area contributed by atoms with Crippen molar-refractivity contribution in [3.63, 3.8) is 0 Å². The Bertz CT molecular complexity index is 830. The van der Waals surface area contributed by atoms with E-state index in [0.29, 0.717) is 24.0 Å². The van der Waals surface area contributed by atoms with Crippen LogP contribution in [-0.2, 0) is 11.2 Å². The van der Waals surface area contributed by atoms with Crippen molar-refractivity contribution in [3.8, 4) is 11.5 Å². The van der Waals surface area contributed by atoms with Crippen LogP contribution < -0.4 is 25.4 Å². The number of benzene rings is 2. The van der Waals surface area contributed by atoms with Crippen molar-refractivity contribution in [1.82, 2.24) is 10.6 Å². The molecule has 8 heteroatoms. The monoisotopic (exact) mass is 526 g/mol. The Morgan fingerprint density at radius 1 is 1.10 bits per heavy atom. The Kier molecular flexibility index (Phi) is 11.7. The van der Waals surface area contributed by atoms with Gasteiger partial charge in [0.15, 0.2) is 17.5 Å². The zero-order valence-corrected chi connectivity index (χ0v) is 20.2. The lowest BCUT2D eigenvalue weighted by atomic mass is 10.1. The van der Waals surface area contributed by atoms with Gasteiger partial charge in [-0.1, -0.05) is 31.2 Å². The number of carbonyl (C=O) groups is 1. The van der Waals surface area contributed by atoms with E-state index in [0.717, 1.165) is 12.1 Å². The molecule has 1 unspecified atom stereocenters. The number of amides is 1. The lowest BCUT2D eigenvalue weighted by Gasteiger charge is -2.19. The van der Waals surface area contributed by atoms with E-state index in [9.17, 15) is 4.79 Å². The van der Waals surface area contributed by atoms with E-state index in [1.54, 1.807) is 14.2 Å². The zero-order valence-electron chi connectivity index (χ0n) is 17.9. The maximum absolute atomic E-state index is 12.2. The maximum Gasteiger partial charge on any atom is 0.243 e. The molecule has 7 nitrogen and oxygen atoms in total. The first-order valence-electron chi connectivity index (χ1n) is 9.68. The van der Waals surface area contributed by atoms with E-state index < -0.39 is 0 Å². The summed E-state index contributed by atoms with van der Waals surface area (Å²) in [5.74, 6) is 1.75. The SMILES string of the molecule is CCc1cccc(NC(=O)CNC(=NC)NCC(C)Oc2ccccc2OC)c1.I. The van der Waals surface area contributed by atoms with Crippen LogP contribution in [0.15, 0.2) is 53.5 Å². The molecule has 0 aliphatic rings. The second-order valence-electron chi connectivity index (χ2n) is 6.49. The number of para-hydroxylation sites is 2. The number of halogens is 1. The van der Waals surface area contributed by atoms with Crippen molar-refractivity contribution in [3.05, 3.63) is 54.1 Å². The third-order valence-electron chi connectivity index (χ3n) is 4.21. The van der Waals surface area contributed by atoms with Crippen LogP contribution in [0.5, 0.6) is 11.5 Å². The highest BCUT2D eigenvalue weighted by Gasteiger charge is 2.10. The van der Waals surface area contributed by atoms with Crippen molar-refractivity contribution < 1.29 is 14.3 Å². The Labute approximate surface area is 195 Å². The molecule has 1 amide bonds. The summed E-state index contributed by atoms with van der Waals surface area (Å²) in [6, 6.07) is 15.3. The number of aliphatic imine (C=N–C) groups is 1. The van der Waals surface area contributed by atoms with E-state index in [2.05, 4.69) is 27.9 Å². The molecule has 0 bridgehead atoms. The van der Waals surface area contributed by atoms with Gasteiger partial charge in [-0.3, -0.25) is 9.79 Å². The molecule has 0 radical (unpaired) electrons. The van der Waals surface area contributed by atoms with Crippen LogP contribution in [0.1, 0.15) is 19.4 Å². The Hall–Kier alpha value is -2.49. The third kappa shape index (κ3) is 8.48. The van der Waals surface area contributed by atoms with Gasteiger partial charge < -0.3 is 25.4 Å². The van der Waals surface area contributed by atoms with Crippen molar-refractivity contribution in [2.75, 3.05) is 32.6 Å². The van der Waals surface area contributed by atoms with Gasteiger partial charge in [-0.2, -0.15) is 0 Å². The number of carbonyl (C=O) groups excluding carboxylic acids is 1. The van der Waals surface area contributed by atoms with E-state index in [1.165, 1.54) is 5.56 Å². The van der Waals surface area contributed by atoms with E-state index >= 15 is 0 Å². The number of nitrogens with zero attached hydrogens (tertiary/aromatic N) is 1. The highest BCUT2D eigenvalue weighted by Crippen LogP contribution is 2.26. The lowest BCUT2D eigenvalue weighted by molar-refractivity contribution is -0.115. The molecule has 2 aromatic rings. The van der Waals surface area contributed by atoms with Gasteiger partial charge in [0.25, 0.3) is 0 Å². The van der Waals surface area contributed by atoms with Crippen molar-refractivity contribution in [2.24, 2.45) is 4.99 Å². The molecule has 2 aromatic carbocycles. The summed E-state index contributed by atoms with van der Waals surface area (Å²) in [5.41, 5.74) is 1.97. The number of hydrogen-bond donors (Lipinski definition) is 3. The molecule has 1 atom stereocenters. The van der Waals surface area contributed by atoms with Gasteiger partial charge in [0.05, 0.1) is 20.2 Å². The molecular formula is C22H31IN4O3. The average molecular weight is 526 g/mol. The lowest BCUT2D eigenvalue weighted by Crippen LogP contribution is -2.44. The first-order chi connectivity index (χ1) is 14.0. The number of guanidine groups is 1. The molecule has 164 valence electrons. The fourth-order valence-corrected chi connectivity index (χ4v) is 2.67. The molecule has 0 saturated carbocycles. The topological polar surface area (TPSA) is 84.0 Å². The minimum absolute atomic E-state index is 0. The van der Waals surface area contributed by atoms with Crippen LogP contribution in [0.4, 0.5) is 5.69 Å². The van der Waals surface area contributed by atoms with Gasteiger partial charge in [0.1, 0.15) is 6.10 Å². The molecule has 0 spiro atoms. The van der Waals surface area contributed by atoms with E-state index in [-0.39, 0.29) is 42.5 Å². The van der Waals surface area contributed by atoms with Crippen LogP contribution in [0.3, 0.4) is 0 Å². The number of ether oxygens (including phenoxy) is 2. The van der Waals surface area contributed by atoms with Gasteiger partial charge in [-0.25, -0.2) is 0 Å². The third-order valence-corrected chi connectivity index (χ3v) is 4.21. The first kappa shape index (κ1) is 25.5. The van der Waals surface area contributed by atoms with Crippen molar-refractivity contribution >= 4 is 41.5 Å². The normalized spacial score (nSPS) is 11.7. The average Bonchev–Trinajstić information content (AvgIpc) is 2.74. The Morgan fingerprint density at radius 2 is 1.83 bits per heavy atom. The number of anilines is 1. The summed E-state index contributed by atoms with van der Waals surface area (Å²) in [6.45, 7) is 4.65. The standard InChI is InChI=1S/C22H30N4O3.HI/c1-5-17-9-8-10-18(13-17)26-21(27)15-25-22(23-3)24-14-16(2)29-20-12-7-6-11-19(20)28-4;/h6-13,16H,5,14-15H2,1-4H3,(H,26,27)(H2,23,24,25);1H. The van der Waals surface area contributed by atoms with Crippen LogP contribution in [-0.4, -0.2) is 45.2 Å². The van der Waals surface area contributed by atoms with Gasteiger partial charge in [-0.05, 0) is 43.2 Å². The molecule has 0 saturated heterocycles. The number of methoxy groups -OCH3 is 1. The molecule has 0 heterocycles. The molecule has 0 fully saturated rings. The molecule has 3 N–H and O–H groups in total. The summed E-state index contributed by atoms with van der Waals surface area (Å²) in [4.78, 5) is 16.3. The molecule has 2 rings (SSSR count). The highest BCUT2D eigenvalue weighted by atomic mass is 127. The van der Waals surface area contributed by atoms with Gasteiger partial charge in [0.2, 0.25) is 5.91 Å². The molecular weight excluding hydrogens is 495 g/mol. The maximum atomic E-state index is 12.2. The van der Waals surface area contributed by atoms with Crippen molar-refractivity contribution in [1.29, 1.82) is 0 Å². The second kappa shape index (κ2) is 13.7. The van der Waals surface area contributed by atoms with E-state index in [4.69, 9.17) is 9.47 Å².